The van der Waals surface area contributed by atoms with Crippen molar-refractivity contribution in [2.24, 2.45) is 0 Å². The number of esters is 2. The van der Waals surface area contributed by atoms with Gasteiger partial charge in [-0.15, -0.1) is 0 Å². The molecule has 9 nitrogen and oxygen atoms in total. The van der Waals surface area contributed by atoms with Crippen LogP contribution in [0.4, 0.5) is 0 Å². The minimum Gasteiger partial charge on any atom is -0.477 e. The van der Waals surface area contributed by atoms with Crippen molar-refractivity contribution in [2.45, 2.75) is 232 Å². The maximum Gasteiger partial charge on any atom is 0.361 e. The molecule has 0 aromatic heterocycles. The van der Waals surface area contributed by atoms with Crippen LogP contribution < -0.4 is 0 Å². The van der Waals surface area contributed by atoms with E-state index >= 15 is 0 Å². The van der Waals surface area contributed by atoms with Crippen LogP contribution in [0.5, 0.6) is 0 Å². The maximum absolute atomic E-state index is 12.9. The molecule has 0 heterocycles. The molecule has 85 heavy (non-hydrogen) atoms. The molecule has 0 aliphatic heterocycles. The summed E-state index contributed by atoms with van der Waals surface area (Å²) in [4.78, 5) is 37.6. The number of ether oxygens (including phenoxy) is 4. The highest BCUT2D eigenvalue weighted by molar-refractivity contribution is 5.71. The lowest BCUT2D eigenvalue weighted by molar-refractivity contribution is -0.870. The summed E-state index contributed by atoms with van der Waals surface area (Å²) in [6.45, 7) is 4.57. The van der Waals surface area contributed by atoms with E-state index in [1.165, 1.54) is 44.9 Å². The molecule has 0 fully saturated rings. The molecule has 0 bridgehead atoms. The molecule has 476 valence electrons. The summed E-state index contributed by atoms with van der Waals surface area (Å²) in [6, 6.07) is 0. The molecule has 0 aromatic carbocycles. The highest BCUT2D eigenvalue weighted by Crippen LogP contribution is 2.14. The number of allylic oxidation sites excluding steroid dienone is 30. The number of likely N-dealkylation sites (N-methyl/N-ethyl adjacent to an activating group) is 1. The molecule has 2 atom stereocenters. The van der Waals surface area contributed by atoms with Crippen LogP contribution in [-0.4, -0.2) is 87.4 Å². The molecule has 9 heteroatoms. The van der Waals surface area contributed by atoms with Gasteiger partial charge in [0.2, 0.25) is 0 Å². The predicted octanol–water partition coefficient (Wildman–Crippen LogP) is 20.5. The Kier molecular flexibility index (Phi) is 60.1. The summed E-state index contributed by atoms with van der Waals surface area (Å²) in [5.74, 6) is -2.09. The molecular formula is C76H120NO8+. The van der Waals surface area contributed by atoms with Gasteiger partial charge in [0.1, 0.15) is 13.2 Å². The lowest BCUT2D eigenvalue weighted by Crippen LogP contribution is -2.40. The van der Waals surface area contributed by atoms with Crippen molar-refractivity contribution in [3.8, 4) is 0 Å². The van der Waals surface area contributed by atoms with Crippen molar-refractivity contribution >= 4 is 17.9 Å². The van der Waals surface area contributed by atoms with Gasteiger partial charge in [0.25, 0.3) is 6.29 Å². The number of carboxylic acid groups (broad SMARTS) is 1. The normalized spacial score (nSPS) is 13.9. The smallest absolute Gasteiger partial charge is 0.361 e. The molecule has 0 spiro atoms. The Hall–Kier alpha value is -5.61. The summed E-state index contributed by atoms with van der Waals surface area (Å²) in [7, 11) is 5.94. The number of rotatable bonds is 58. The summed E-state index contributed by atoms with van der Waals surface area (Å²) >= 11 is 0. The molecule has 0 saturated heterocycles. The van der Waals surface area contributed by atoms with Crippen LogP contribution in [-0.2, 0) is 33.3 Å². The molecule has 0 aliphatic rings. The summed E-state index contributed by atoms with van der Waals surface area (Å²) in [5, 5.41) is 9.73. The molecule has 0 saturated carbocycles. The van der Waals surface area contributed by atoms with Gasteiger partial charge in [-0.1, -0.05) is 254 Å². The van der Waals surface area contributed by atoms with Gasteiger partial charge in [-0.25, -0.2) is 4.79 Å². The van der Waals surface area contributed by atoms with E-state index in [-0.39, 0.29) is 38.6 Å². The Bertz CT molecular complexity index is 2050. The van der Waals surface area contributed by atoms with Crippen molar-refractivity contribution in [3.63, 3.8) is 0 Å². The minimum absolute atomic E-state index is 0.168. The SMILES string of the molecule is CC/C=C\C/C=C\C/C=C\C/C=C\C/C=C\C/C=C\C/C=C\C/C=C\C/C=C\C/C=C\CCCCC(=O)OC(COC(=O)CCCCCCCCCCCCC/C=C\C/C=C\C/C=C\C/C=C\C/C=C\CC)COC(OCC[N+](C)(C)C)C(=O)O. The van der Waals surface area contributed by atoms with Gasteiger partial charge in [0, 0.05) is 12.8 Å². The summed E-state index contributed by atoms with van der Waals surface area (Å²) in [6.07, 6.45) is 95.6. The maximum atomic E-state index is 12.9. The molecular weight excluding hydrogens is 1050 g/mol. The number of unbranched alkanes of at least 4 members (excludes halogenated alkanes) is 13. The first-order chi connectivity index (χ1) is 41.6. The van der Waals surface area contributed by atoms with E-state index in [4.69, 9.17) is 18.9 Å². The first-order valence-electron chi connectivity index (χ1n) is 32.9. The number of aliphatic carboxylic acids is 1. The number of carbonyl (C=O) groups is 3. The fourth-order valence-corrected chi connectivity index (χ4v) is 8.18. The fraction of sp³-hybridized carbons (Fsp3) is 0.566. The minimum atomic E-state index is -1.54. The number of quaternary nitrogens is 1. The number of hydrogen-bond donors (Lipinski definition) is 1. The van der Waals surface area contributed by atoms with Crippen molar-refractivity contribution in [1.82, 2.24) is 0 Å². The van der Waals surface area contributed by atoms with Crippen LogP contribution in [0.3, 0.4) is 0 Å². The third kappa shape index (κ3) is 65.8. The lowest BCUT2D eigenvalue weighted by atomic mass is 10.0. The van der Waals surface area contributed by atoms with Gasteiger partial charge in [0.15, 0.2) is 6.10 Å². The van der Waals surface area contributed by atoms with Crippen molar-refractivity contribution in [1.29, 1.82) is 0 Å². The van der Waals surface area contributed by atoms with Crippen LogP contribution in [0, 0.1) is 0 Å². The largest absolute Gasteiger partial charge is 0.477 e. The molecule has 0 radical (unpaired) electrons. The Morgan fingerprint density at radius 3 is 0.965 bits per heavy atom. The van der Waals surface area contributed by atoms with Crippen LogP contribution in [0.25, 0.3) is 0 Å². The van der Waals surface area contributed by atoms with E-state index in [0.29, 0.717) is 17.4 Å². The van der Waals surface area contributed by atoms with Crippen LogP contribution in [0.2, 0.25) is 0 Å². The zero-order chi connectivity index (χ0) is 61.9. The Labute approximate surface area is 519 Å². The van der Waals surface area contributed by atoms with E-state index < -0.39 is 24.3 Å². The number of carboxylic acids is 1. The van der Waals surface area contributed by atoms with E-state index in [2.05, 4.69) is 196 Å². The summed E-state index contributed by atoms with van der Waals surface area (Å²) in [5.41, 5.74) is 0. The van der Waals surface area contributed by atoms with Crippen molar-refractivity contribution < 1.29 is 42.9 Å². The number of nitrogens with zero attached hydrogens (tertiary/aromatic N) is 1. The highest BCUT2D eigenvalue weighted by atomic mass is 16.7. The molecule has 0 aliphatic carbocycles. The van der Waals surface area contributed by atoms with Crippen LogP contribution >= 0.6 is 0 Å². The van der Waals surface area contributed by atoms with Crippen LogP contribution in [0.1, 0.15) is 219 Å². The monoisotopic (exact) mass is 1170 g/mol. The second kappa shape index (κ2) is 64.4. The van der Waals surface area contributed by atoms with Gasteiger partial charge in [-0.05, 0) is 135 Å². The van der Waals surface area contributed by atoms with Crippen molar-refractivity contribution in [2.75, 3.05) is 47.5 Å². The van der Waals surface area contributed by atoms with E-state index in [1.54, 1.807) is 0 Å². The first-order valence-corrected chi connectivity index (χ1v) is 32.9. The zero-order valence-electron chi connectivity index (χ0n) is 54.2. The van der Waals surface area contributed by atoms with Gasteiger partial charge in [-0.3, -0.25) is 9.59 Å². The molecule has 2 unspecified atom stereocenters. The predicted molar refractivity (Wildman–Crippen MR) is 363 cm³/mol. The average molecular weight is 1180 g/mol. The number of carbonyl (C=O) groups excluding carboxylic acids is 2. The van der Waals surface area contributed by atoms with Gasteiger partial charge < -0.3 is 28.5 Å². The Morgan fingerprint density at radius 2 is 0.635 bits per heavy atom. The molecule has 0 rings (SSSR count). The second-order valence-electron chi connectivity index (χ2n) is 22.3. The van der Waals surface area contributed by atoms with E-state index in [1.807, 2.05) is 21.1 Å². The van der Waals surface area contributed by atoms with Crippen molar-refractivity contribution in [3.05, 3.63) is 182 Å². The van der Waals surface area contributed by atoms with E-state index in [9.17, 15) is 19.5 Å². The Balaban J connectivity index is 4.33. The van der Waals surface area contributed by atoms with Crippen LogP contribution in [0.15, 0.2) is 182 Å². The standard InChI is InChI=1S/C76H119NO8/c1-6-8-10-12-14-16-18-20-22-24-26-28-30-32-34-35-36-37-38-39-41-43-45-47-49-51-53-55-57-59-61-63-65-67-74(79)85-72(71-84-76(75(80)81)82-69-68-77(3,4)5)70-83-73(78)66-64-62-60-58-56-54-52-50-48-46-44-42-40-33-31-29-27-25-23-21-19-17-15-13-11-9-7-2/h8-11,14-17,20-23,26-29,32-34,36-37,39-41,45,47,51,53,57,59,72,76H,6-7,12-13,18-19,24-25,30-31,35,38,42-44,46,48-50,52,54-56,58,60-71H2,1-5H3/p+1/b10-8-,11-9-,16-14-,17-15-,22-20-,23-21-,28-26-,29-27-,34-32-,37-36-,40-33-,41-39-,47-45-,53-51-,59-57-. The summed E-state index contributed by atoms with van der Waals surface area (Å²) < 4.78 is 22.9. The van der Waals surface area contributed by atoms with Gasteiger partial charge in [0.05, 0.1) is 34.4 Å². The lowest BCUT2D eigenvalue weighted by Gasteiger charge is -2.25. The third-order valence-electron chi connectivity index (χ3n) is 13.2. The fourth-order valence-electron chi connectivity index (χ4n) is 8.18. The highest BCUT2D eigenvalue weighted by Gasteiger charge is 2.25. The first kappa shape index (κ1) is 79.4. The second-order valence-corrected chi connectivity index (χ2v) is 22.3. The topological polar surface area (TPSA) is 108 Å². The molecule has 1 N–H and O–H groups in total. The number of hydrogen-bond acceptors (Lipinski definition) is 7. The third-order valence-corrected chi connectivity index (χ3v) is 13.2. The van der Waals surface area contributed by atoms with Gasteiger partial charge >= 0.3 is 17.9 Å². The van der Waals surface area contributed by atoms with E-state index in [0.717, 1.165) is 141 Å². The van der Waals surface area contributed by atoms with Gasteiger partial charge in [-0.2, -0.15) is 0 Å². The average Bonchev–Trinajstić information content (AvgIpc) is 3.49. The molecule has 0 amide bonds. The molecule has 0 aromatic rings. The Morgan fingerprint density at radius 1 is 0.353 bits per heavy atom. The quantitative estimate of drug-likeness (QED) is 0.0211. The zero-order valence-corrected chi connectivity index (χ0v) is 54.2.